The summed E-state index contributed by atoms with van der Waals surface area (Å²) in [5, 5.41) is 0. The van der Waals surface area contributed by atoms with E-state index in [1.165, 1.54) is 33.4 Å². The number of hydrogen-bond donors (Lipinski definition) is 0. The quantitative estimate of drug-likeness (QED) is 0.293. The molecule has 0 saturated carbocycles. The monoisotopic (exact) mass is 384 g/mol. The fourth-order valence-corrected chi connectivity index (χ4v) is 3.48. The van der Waals surface area contributed by atoms with Crippen molar-refractivity contribution >= 4 is 0 Å². The number of hydrogen-bond acceptors (Lipinski definition) is 0. The maximum atomic E-state index is 2.18. The van der Waals surface area contributed by atoms with E-state index in [0.29, 0.717) is 0 Å². The molecule has 0 spiro atoms. The fraction of sp³-hybridized carbons (Fsp3) is 0. The molecule has 0 heteroatoms. The Bertz CT molecular complexity index is 1050. The summed E-state index contributed by atoms with van der Waals surface area (Å²) in [5.41, 5.74) is 7.64. The Morgan fingerprint density at radius 1 is 0.200 bits per heavy atom. The maximum Gasteiger partial charge on any atom is -0.0105 e. The zero-order valence-electron chi connectivity index (χ0n) is 16.9. The van der Waals surface area contributed by atoms with Crippen LogP contribution < -0.4 is 0 Å². The van der Waals surface area contributed by atoms with E-state index in [-0.39, 0.29) is 0 Å². The molecule has 0 unspecified atom stereocenters. The van der Waals surface area contributed by atoms with Gasteiger partial charge in [-0.15, -0.1) is 0 Å². The van der Waals surface area contributed by atoms with E-state index in [9.17, 15) is 0 Å². The lowest BCUT2D eigenvalue weighted by atomic mass is 9.95. The lowest BCUT2D eigenvalue weighted by Crippen LogP contribution is -1.83. The Labute approximate surface area is 179 Å². The highest BCUT2D eigenvalue weighted by Crippen LogP contribution is 2.31. The average Bonchev–Trinajstić information content (AvgIpc) is 2.87. The van der Waals surface area contributed by atoms with Crippen LogP contribution in [0.2, 0.25) is 0 Å². The molecule has 0 nitrogen and oxygen atoms in total. The topological polar surface area (TPSA) is 0 Å². The second kappa shape index (κ2) is 10.0. The first-order chi connectivity index (χ1) is 14.9. The fourth-order valence-electron chi connectivity index (χ4n) is 3.48. The largest absolute Gasteiger partial charge is 0.0622 e. The van der Waals surface area contributed by atoms with Crippen molar-refractivity contribution in [2.45, 2.75) is 0 Å². The Morgan fingerprint density at radius 2 is 0.433 bits per heavy atom. The molecule has 5 aromatic rings. The van der Waals surface area contributed by atoms with Crippen molar-refractivity contribution in [2.24, 2.45) is 0 Å². The molecule has 30 heavy (non-hydrogen) atoms. The third kappa shape index (κ3) is 4.92. The highest BCUT2D eigenvalue weighted by molar-refractivity contribution is 5.83. The zero-order chi connectivity index (χ0) is 20.4. The minimum Gasteiger partial charge on any atom is -0.0622 e. The summed E-state index contributed by atoms with van der Waals surface area (Å²) < 4.78 is 0. The number of benzene rings is 5. The van der Waals surface area contributed by atoms with Crippen LogP contribution in [0.3, 0.4) is 0 Å². The summed E-state index contributed by atoms with van der Waals surface area (Å²) >= 11 is 0. The van der Waals surface area contributed by atoms with Gasteiger partial charge >= 0.3 is 0 Å². The molecule has 0 aliphatic heterocycles. The summed E-state index contributed by atoms with van der Waals surface area (Å²) in [6.07, 6.45) is 0. The smallest absolute Gasteiger partial charge is 0.0105 e. The Kier molecular flexibility index (Phi) is 6.50. The molecule has 0 N–H and O–H groups in total. The third-order valence-electron chi connectivity index (χ3n) is 4.98. The minimum atomic E-state index is 1.26. The van der Waals surface area contributed by atoms with Crippen LogP contribution >= 0.6 is 0 Å². The van der Waals surface area contributed by atoms with E-state index < -0.39 is 0 Å². The molecule has 0 aromatic heterocycles. The SMILES string of the molecule is c1ccc(-c2ccccc2)cc1.c1ccc(-c2ccccc2-c2ccccc2)cc1. The van der Waals surface area contributed by atoms with Crippen molar-refractivity contribution in [3.8, 4) is 33.4 Å². The van der Waals surface area contributed by atoms with Gasteiger partial charge < -0.3 is 0 Å². The van der Waals surface area contributed by atoms with Gasteiger partial charge in [0, 0.05) is 0 Å². The van der Waals surface area contributed by atoms with Crippen LogP contribution in [0.25, 0.3) is 33.4 Å². The molecular weight excluding hydrogens is 360 g/mol. The maximum absolute atomic E-state index is 2.18. The first-order valence-electron chi connectivity index (χ1n) is 10.2. The zero-order valence-corrected chi connectivity index (χ0v) is 16.9. The normalized spacial score (nSPS) is 10.0. The Balaban J connectivity index is 0.000000158. The minimum absolute atomic E-state index is 1.26. The number of rotatable bonds is 3. The summed E-state index contributed by atoms with van der Waals surface area (Å²) in [7, 11) is 0. The Morgan fingerprint density at radius 3 is 0.733 bits per heavy atom. The predicted octanol–water partition coefficient (Wildman–Crippen LogP) is 8.37. The summed E-state index contributed by atoms with van der Waals surface area (Å²) in [6, 6.07) is 50.4. The summed E-state index contributed by atoms with van der Waals surface area (Å²) in [5.74, 6) is 0. The van der Waals surface area contributed by atoms with Crippen LogP contribution in [0, 0.1) is 0 Å². The highest BCUT2D eigenvalue weighted by atomic mass is 14.1. The van der Waals surface area contributed by atoms with Crippen LogP contribution in [0.5, 0.6) is 0 Å². The van der Waals surface area contributed by atoms with Gasteiger partial charge in [0.15, 0.2) is 0 Å². The van der Waals surface area contributed by atoms with Gasteiger partial charge in [-0.25, -0.2) is 0 Å². The molecule has 0 bridgehead atoms. The van der Waals surface area contributed by atoms with Gasteiger partial charge in [-0.05, 0) is 33.4 Å². The van der Waals surface area contributed by atoms with Crippen LogP contribution in [0.15, 0.2) is 146 Å². The van der Waals surface area contributed by atoms with Gasteiger partial charge in [-0.2, -0.15) is 0 Å². The predicted molar refractivity (Wildman–Crippen MR) is 129 cm³/mol. The van der Waals surface area contributed by atoms with Crippen LogP contribution in [-0.4, -0.2) is 0 Å². The van der Waals surface area contributed by atoms with Crippen molar-refractivity contribution in [2.75, 3.05) is 0 Å². The van der Waals surface area contributed by atoms with Crippen LogP contribution in [0.1, 0.15) is 0 Å². The van der Waals surface area contributed by atoms with Gasteiger partial charge in [0.2, 0.25) is 0 Å². The molecule has 0 fully saturated rings. The van der Waals surface area contributed by atoms with Crippen LogP contribution in [0.4, 0.5) is 0 Å². The molecule has 5 rings (SSSR count). The molecule has 0 amide bonds. The van der Waals surface area contributed by atoms with E-state index >= 15 is 0 Å². The van der Waals surface area contributed by atoms with Gasteiger partial charge in [0.05, 0.1) is 0 Å². The van der Waals surface area contributed by atoms with Crippen molar-refractivity contribution in [1.82, 2.24) is 0 Å². The first kappa shape index (κ1) is 19.4. The molecule has 0 atom stereocenters. The van der Waals surface area contributed by atoms with E-state index in [1.807, 2.05) is 12.1 Å². The summed E-state index contributed by atoms with van der Waals surface area (Å²) in [4.78, 5) is 0. The molecule has 0 heterocycles. The van der Waals surface area contributed by atoms with E-state index in [2.05, 4.69) is 133 Å². The molecule has 0 radical (unpaired) electrons. The second-order valence-corrected chi connectivity index (χ2v) is 7.01. The van der Waals surface area contributed by atoms with Gasteiger partial charge in [0.1, 0.15) is 0 Å². The molecule has 144 valence electrons. The van der Waals surface area contributed by atoms with Crippen molar-refractivity contribution in [1.29, 1.82) is 0 Å². The molecule has 0 aliphatic rings. The molecule has 0 saturated heterocycles. The molecular formula is C30H24. The third-order valence-corrected chi connectivity index (χ3v) is 4.98. The second-order valence-electron chi connectivity index (χ2n) is 7.01. The van der Waals surface area contributed by atoms with E-state index in [1.54, 1.807) is 0 Å². The Hall–Kier alpha value is -3.90. The van der Waals surface area contributed by atoms with Crippen LogP contribution in [-0.2, 0) is 0 Å². The van der Waals surface area contributed by atoms with Gasteiger partial charge in [0.25, 0.3) is 0 Å². The molecule has 5 aromatic carbocycles. The van der Waals surface area contributed by atoms with Crippen molar-refractivity contribution < 1.29 is 0 Å². The average molecular weight is 385 g/mol. The van der Waals surface area contributed by atoms with E-state index in [4.69, 9.17) is 0 Å². The highest BCUT2D eigenvalue weighted by Gasteiger charge is 2.05. The summed E-state index contributed by atoms with van der Waals surface area (Å²) in [6.45, 7) is 0. The standard InChI is InChI=1S/C18H14.C12H10/c1-3-9-15(10-4-1)17-13-7-8-14-18(17)16-11-5-2-6-12-16;1-3-7-11(8-4-1)12-9-5-2-6-10-12/h1-14H;1-10H. The lowest BCUT2D eigenvalue weighted by Gasteiger charge is -2.09. The first-order valence-corrected chi connectivity index (χ1v) is 10.2. The molecule has 0 aliphatic carbocycles. The van der Waals surface area contributed by atoms with Gasteiger partial charge in [-0.1, -0.05) is 146 Å². The van der Waals surface area contributed by atoms with Gasteiger partial charge in [-0.3, -0.25) is 0 Å². The van der Waals surface area contributed by atoms with Crippen molar-refractivity contribution in [3.63, 3.8) is 0 Å². The lowest BCUT2D eigenvalue weighted by molar-refractivity contribution is 1.58. The van der Waals surface area contributed by atoms with E-state index in [0.717, 1.165) is 0 Å². The van der Waals surface area contributed by atoms with Crippen molar-refractivity contribution in [3.05, 3.63) is 146 Å².